The van der Waals surface area contributed by atoms with Crippen molar-refractivity contribution in [3.63, 3.8) is 0 Å². The van der Waals surface area contributed by atoms with Crippen molar-refractivity contribution < 1.29 is 0 Å². The summed E-state index contributed by atoms with van der Waals surface area (Å²) in [4.78, 5) is 11.9. The molecule has 0 saturated carbocycles. The van der Waals surface area contributed by atoms with Gasteiger partial charge in [0.2, 0.25) is 5.82 Å². The minimum absolute atomic E-state index is 0.0121. The Morgan fingerprint density at radius 3 is 2.96 bits per heavy atom. The summed E-state index contributed by atoms with van der Waals surface area (Å²) in [6.07, 6.45) is 1.51. The lowest BCUT2D eigenvalue weighted by Gasteiger charge is -2.08. The zero-order valence-electron chi connectivity index (χ0n) is 12.5. The SMILES string of the molecule is Cc1cc2cc(NC=C(C#N)c3nn[nH]n3)ccc2n(C)c1=O. The second kappa shape index (κ2) is 5.73. The molecule has 0 amide bonds. The molecule has 3 rings (SSSR count). The number of aromatic amines is 1. The lowest BCUT2D eigenvalue weighted by Crippen LogP contribution is -2.19. The number of fused-ring (bicyclic) bond motifs is 1. The normalized spacial score (nSPS) is 11.4. The van der Waals surface area contributed by atoms with E-state index in [4.69, 9.17) is 5.26 Å². The first-order valence-corrected chi connectivity index (χ1v) is 6.81. The van der Waals surface area contributed by atoms with Crippen LogP contribution in [0.1, 0.15) is 11.4 Å². The van der Waals surface area contributed by atoms with Gasteiger partial charge in [0.1, 0.15) is 11.6 Å². The van der Waals surface area contributed by atoms with E-state index in [0.717, 1.165) is 16.6 Å². The molecule has 0 aliphatic carbocycles. The molecule has 0 aliphatic heterocycles. The van der Waals surface area contributed by atoms with Crippen molar-refractivity contribution in [1.82, 2.24) is 25.2 Å². The molecule has 0 aliphatic rings. The average molecular weight is 307 g/mol. The predicted molar refractivity (Wildman–Crippen MR) is 85.3 cm³/mol. The minimum atomic E-state index is -0.0121. The molecule has 1 aromatic carbocycles. The molecule has 2 N–H and O–H groups in total. The van der Waals surface area contributed by atoms with Gasteiger partial charge in [-0.15, -0.1) is 10.2 Å². The average Bonchev–Trinajstić information content (AvgIpc) is 3.07. The zero-order valence-corrected chi connectivity index (χ0v) is 12.5. The Balaban J connectivity index is 1.97. The summed E-state index contributed by atoms with van der Waals surface area (Å²) in [6.45, 7) is 1.78. The number of benzene rings is 1. The van der Waals surface area contributed by atoms with Gasteiger partial charge in [-0.3, -0.25) is 4.79 Å². The number of pyridine rings is 1. The van der Waals surface area contributed by atoms with Gasteiger partial charge in [-0.05, 0) is 36.4 Å². The van der Waals surface area contributed by atoms with Crippen LogP contribution in [0.25, 0.3) is 16.5 Å². The molecule has 2 heterocycles. The highest BCUT2D eigenvalue weighted by molar-refractivity contribution is 5.84. The van der Waals surface area contributed by atoms with E-state index in [1.807, 2.05) is 30.3 Å². The first-order chi connectivity index (χ1) is 11.1. The van der Waals surface area contributed by atoms with Crippen LogP contribution in [-0.4, -0.2) is 25.2 Å². The van der Waals surface area contributed by atoms with E-state index >= 15 is 0 Å². The lowest BCUT2D eigenvalue weighted by atomic mass is 10.1. The summed E-state index contributed by atoms with van der Waals surface area (Å²) >= 11 is 0. The van der Waals surface area contributed by atoms with Gasteiger partial charge in [-0.2, -0.15) is 10.5 Å². The summed E-state index contributed by atoms with van der Waals surface area (Å²) in [7, 11) is 1.74. The highest BCUT2D eigenvalue weighted by atomic mass is 16.1. The number of aromatic nitrogens is 5. The smallest absolute Gasteiger partial charge is 0.253 e. The molecule has 0 bridgehead atoms. The van der Waals surface area contributed by atoms with Crippen LogP contribution in [0.3, 0.4) is 0 Å². The maximum Gasteiger partial charge on any atom is 0.253 e. The van der Waals surface area contributed by atoms with Gasteiger partial charge in [0.05, 0.1) is 5.52 Å². The second-order valence-electron chi connectivity index (χ2n) is 5.01. The standard InChI is InChI=1S/C15H13N7O/c1-9-5-10-6-12(3-4-13(10)22(2)15(9)23)17-8-11(7-16)14-18-20-21-19-14/h3-6,8,17H,1-2H3,(H,18,19,20,21). The number of tetrazole rings is 1. The molecule has 8 nitrogen and oxygen atoms in total. The summed E-state index contributed by atoms with van der Waals surface area (Å²) in [5.41, 5.74) is 2.55. The monoisotopic (exact) mass is 307 g/mol. The van der Waals surface area contributed by atoms with E-state index in [0.29, 0.717) is 5.56 Å². The molecule has 114 valence electrons. The van der Waals surface area contributed by atoms with Gasteiger partial charge in [-0.1, -0.05) is 0 Å². The maximum atomic E-state index is 11.9. The molecule has 3 aromatic rings. The van der Waals surface area contributed by atoms with Gasteiger partial charge >= 0.3 is 0 Å². The Morgan fingerprint density at radius 2 is 2.26 bits per heavy atom. The number of nitriles is 1. The molecular weight excluding hydrogens is 294 g/mol. The number of nitrogens with zero attached hydrogens (tertiary/aromatic N) is 5. The molecule has 2 aromatic heterocycles. The van der Waals surface area contributed by atoms with Gasteiger partial charge in [0.25, 0.3) is 5.56 Å². The van der Waals surface area contributed by atoms with Crippen LogP contribution in [0, 0.1) is 18.3 Å². The molecule has 0 unspecified atom stereocenters. The summed E-state index contributed by atoms with van der Waals surface area (Å²) < 4.78 is 1.62. The predicted octanol–water partition coefficient (Wildman–Crippen LogP) is 1.34. The number of allylic oxidation sites excluding steroid dienone is 1. The molecule has 0 fully saturated rings. The van der Waals surface area contributed by atoms with E-state index < -0.39 is 0 Å². The van der Waals surface area contributed by atoms with Gasteiger partial charge in [-0.25, -0.2) is 0 Å². The highest BCUT2D eigenvalue weighted by Crippen LogP contribution is 2.19. The van der Waals surface area contributed by atoms with Crippen LogP contribution in [0.2, 0.25) is 0 Å². The summed E-state index contributed by atoms with van der Waals surface area (Å²) in [6, 6.07) is 9.44. The lowest BCUT2D eigenvalue weighted by molar-refractivity contribution is 0.881. The fourth-order valence-electron chi connectivity index (χ4n) is 2.31. The molecule has 0 atom stereocenters. The number of H-pyrrole nitrogens is 1. The fraction of sp³-hybridized carbons (Fsp3) is 0.133. The summed E-state index contributed by atoms with van der Waals surface area (Å²) in [5.74, 6) is 0.221. The van der Waals surface area contributed by atoms with Crippen LogP contribution >= 0.6 is 0 Å². The maximum absolute atomic E-state index is 11.9. The van der Waals surface area contributed by atoms with Crippen molar-refractivity contribution in [2.75, 3.05) is 5.32 Å². The third-order valence-corrected chi connectivity index (χ3v) is 3.49. The van der Waals surface area contributed by atoms with Crippen molar-refractivity contribution in [3.8, 4) is 6.07 Å². The number of hydrogen-bond donors (Lipinski definition) is 2. The van der Waals surface area contributed by atoms with Crippen LogP contribution in [-0.2, 0) is 7.05 Å². The van der Waals surface area contributed by atoms with Crippen molar-refractivity contribution in [3.05, 3.63) is 52.2 Å². The number of aryl methyl sites for hydroxylation is 2. The molecular formula is C15H13N7O. The Bertz CT molecular complexity index is 993. The molecule has 8 heteroatoms. The van der Waals surface area contributed by atoms with E-state index in [9.17, 15) is 4.79 Å². The quantitative estimate of drug-likeness (QED) is 0.706. The van der Waals surface area contributed by atoms with Crippen molar-refractivity contribution in [2.45, 2.75) is 6.92 Å². The van der Waals surface area contributed by atoms with E-state index in [2.05, 4.69) is 25.9 Å². The van der Waals surface area contributed by atoms with Crippen molar-refractivity contribution in [2.24, 2.45) is 7.05 Å². The Morgan fingerprint density at radius 1 is 1.43 bits per heavy atom. The second-order valence-corrected chi connectivity index (χ2v) is 5.01. The number of rotatable bonds is 3. The van der Waals surface area contributed by atoms with Crippen LogP contribution < -0.4 is 10.9 Å². The number of nitrogens with one attached hydrogen (secondary N) is 2. The van der Waals surface area contributed by atoms with Crippen LogP contribution in [0.5, 0.6) is 0 Å². The third kappa shape index (κ3) is 2.67. The largest absolute Gasteiger partial charge is 0.360 e. The van der Waals surface area contributed by atoms with E-state index in [1.54, 1.807) is 18.5 Å². The Kier molecular flexibility index (Phi) is 3.60. The third-order valence-electron chi connectivity index (χ3n) is 3.49. The summed E-state index contributed by atoms with van der Waals surface area (Å²) in [5, 5.41) is 26.4. The Labute approximate surface area is 131 Å². The number of hydrogen-bond acceptors (Lipinski definition) is 6. The molecule has 0 radical (unpaired) electrons. The van der Waals surface area contributed by atoms with Crippen LogP contribution in [0.4, 0.5) is 5.69 Å². The first kappa shape index (κ1) is 14.5. The van der Waals surface area contributed by atoms with Crippen molar-refractivity contribution >= 4 is 22.2 Å². The van der Waals surface area contributed by atoms with Gasteiger partial charge < -0.3 is 9.88 Å². The van der Waals surface area contributed by atoms with E-state index in [1.165, 1.54) is 6.20 Å². The highest BCUT2D eigenvalue weighted by Gasteiger charge is 2.06. The van der Waals surface area contributed by atoms with Crippen molar-refractivity contribution in [1.29, 1.82) is 5.26 Å². The van der Waals surface area contributed by atoms with Gasteiger partial charge in [0, 0.05) is 29.9 Å². The number of anilines is 1. The molecule has 23 heavy (non-hydrogen) atoms. The topological polar surface area (TPSA) is 112 Å². The zero-order chi connectivity index (χ0) is 16.4. The first-order valence-electron chi connectivity index (χ1n) is 6.81. The molecule has 0 saturated heterocycles. The minimum Gasteiger partial charge on any atom is -0.360 e. The fourth-order valence-corrected chi connectivity index (χ4v) is 2.31. The Hall–Kier alpha value is -3.47. The van der Waals surface area contributed by atoms with E-state index in [-0.39, 0.29) is 17.0 Å². The van der Waals surface area contributed by atoms with Gasteiger partial charge in [0.15, 0.2) is 0 Å². The van der Waals surface area contributed by atoms with Crippen LogP contribution in [0.15, 0.2) is 35.3 Å². The molecule has 0 spiro atoms.